The molecule has 106 heavy (non-hydrogen) atoms. The van der Waals surface area contributed by atoms with Crippen LogP contribution in [0.4, 0.5) is 17.1 Å². The maximum atomic E-state index is 4.11. The molecular weight excluding hydrogens is 1280 g/mol. The fourth-order valence-corrected chi connectivity index (χ4v) is 15.6. The highest BCUT2D eigenvalue weighted by molar-refractivity contribution is 6.11. The zero-order valence-corrected chi connectivity index (χ0v) is 62.8. The molecule has 0 amide bonds. The number of aryl methyl sites for hydroxylation is 3. The molecule has 11 aromatic carbocycles. The summed E-state index contributed by atoms with van der Waals surface area (Å²) < 4.78 is 7.62. The minimum Gasteiger partial charge on any atom is -0.340 e. The Morgan fingerprint density at radius 2 is 0.443 bits per heavy atom. The number of rotatable bonds is 35. The van der Waals surface area contributed by atoms with E-state index in [1.807, 2.05) is 6.08 Å². The largest absolute Gasteiger partial charge is 0.340 e. The van der Waals surface area contributed by atoms with Crippen LogP contribution in [0.25, 0.3) is 132 Å². The first-order valence-electron chi connectivity index (χ1n) is 39.8. The quantitative estimate of drug-likeness (QED) is 0.0286. The van der Waals surface area contributed by atoms with E-state index in [0.717, 1.165) is 70.1 Å². The van der Waals surface area contributed by atoms with E-state index in [2.05, 4.69) is 349 Å². The molecule has 0 saturated heterocycles. The summed E-state index contributed by atoms with van der Waals surface area (Å²) in [6, 6.07) is 90.1. The summed E-state index contributed by atoms with van der Waals surface area (Å²) in [6.07, 6.45) is 47.6. The van der Waals surface area contributed by atoms with Crippen molar-refractivity contribution in [3.05, 3.63) is 310 Å². The van der Waals surface area contributed by atoms with Crippen LogP contribution in [0, 0.1) is 0 Å². The Bertz CT molecular complexity index is 5170. The molecule has 4 heteroatoms. The Kier molecular flexibility index (Phi) is 24.3. The van der Waals surface area contributed by atoms with Crippen LogP contribution in [0.3, 0.4) is 0 Å². The fourth-order valence-electron chi connectivity index (χ4n) is 15.6. The number of para-hydroxylation sites is 2. The van der Waals surface area contributed by atoms with Gasteiger partial charge in [-0.1, -0.05) is 336 Å². The molecule has 0 bridgehead atoms. The van der Waals surface area contributed by atoms with Crippen LogP contribution in [0.2, 0.25) is 0 Å². The van der Waals surface area contributed by atoms with Gasteiger partial charge in [0.2, 0.25) is 0 Å². The van der Waals surface area contributed by atoms with Gasteiger partial charge in [0.05, 0.1) is 0 Å². The van der Waals surface area contributed by atoms with E-state index >= 15 is 0 Å². The van der Waals surface area contributed by atoms with Crippen molar-refractivity contribution in [3.8, 4) is 0 Å². The maximum absolute atomic E-state index is 4.11. The first-order valence-corrected chi connectivity index (χ1v) is 39.8. The average Bonchev–Trinajstić information content (AvgIpc) is 1.62. The van der Waals surface area contributed by atoms with Crippen molar-refractivity contribution in [1.82, 2.24) is 13.7 Å². The van der Waals surface area contributed by atoms with E-state index in [1.54, 1.807) is 0 Å². The Balaban J connectivity index is 0.668. The van der Waals surface area contributed by atoms with Crippen molar-refractivity contribution in [2.24, 2.45) is 0 Å². The highest BCUT2D eigenvalue weighted by atomic mass is 15.1. The molecule has 0 radical (unpaired) electrons. The van der Waals surface area contributed by atoms with Gasteiger partial charge in [0, 0.05) is 102 Å². The summed E-state index contributed by atoms with van der Waals surface area (Å²) >= 11 is 0. The zero-order valence-electron chi connectivity index (χ0n) is 62.8. The number of anilines is 3. The first kappa shape index (κ1) is 72.0. The average molecular weight is 1390 g/mol. The second-order valence-corrected chi connectivity index (χ2v) is 29.2. The molecule has 532 valence electrons. The Morgan fingerprint density at radius 3 is 0.736 bits per heavy atom. The van der Waals surface area contributed by atoms with E-state index in [-0.39, 0.29) is 0 Å². The minimum atomic E-state index is 1.03. The second-order valence-electron chi connectivity index (χ2n) is 29.2. The SMILES string of the molecule is C=Cc1ccc2c(c1)c1cc(/C=C/c3ccc(N(c4ccc(/C=C/c5ccc(/C=C/c6ccc7c(c6)c6ccccc6n7CCCCCCCC)cc5)cc4)c4ccc(/C=C/c5ccc(/C=C/c6ccc7c(c6)c6ccccc6n7CCCCCCCC)cc5)cc4)cc3)ccc1n2CCCCCCCC. The fraction of sp³-hybridized carbons (Fsp3) is 0.235. The molecular formula is C102H104N4. The maximum Gasteiger partial charge on any atom is 0.0491 e. The van der Waals surface area contributed by atoms with Gasteiger partial charge in [0.25, 0.3) is 0 Å². The smallest absolute Gasteiger partial charge is 0.0491 e. The van der Waals surface area contributed by atoms with Crippen LogP contribution in [0.15, 0.2) is 249 Å². The van der Waals surface area contributed by atoms with Crippen LogP contribution in [0.1, 0.15) is 198 Å². The summed E-state index contributed by atoms with van der Waals surface area (Å²) in [4.78, 5) is 2.36. The third kappa shape index (κ3) is 17.5. The number of unbranched alkanes of at least 4 members (excludes halogenated alkanes) is 15. The van der Waals surface area contributed by atoms with Crippen LogP contribution in [-0.4, -0.2) is 13.7 Å². The summed E-state index contributed by atoms with van der Waals surface area (Å²) in [5, 5.41) is 7.93. The van der Waals surface area contributed by atoms with Crippen molar-refractivity contribution >= 4 is 149 Å². The predicted molar refractivity (Wildman–Crippen MR) is 467 cm³/mol. The standard InChI is InChI=1S/C102H104N4/c1-5-9-12-15-18-25-70-103-97-30-23-21-28-91(97)93-74-85(57-67-99(93)103)47-44-80-36-32-78(33-37-80)40-42-82-50-60-88(61-51-82)106(90-64-54-84(55-65-90)46-49-87-59-69-102-96(76-87)95-73-77(8-4)56-66-101(95)105(102)72-27-20-17-14-11-7-3)89-62-52-83(53-63-89)43-41-79-34-38-81(39-35-79)45-48-86-58-68-100-94(75-86)92-29-22-24-31-98(92)104(100)71-26-19-16-13-10-6-2/h8,21-24,28-69,73-76H,4-7,9-20,25-27,70-72H2,1-3H3/b42-40+,43-41+,47-44+,48-45+,49-46+. The molecule has 0 N–H and O–H groups in total. The third-order valence-electron chi connectivity index (χ3n) is 21.6. The number of aromatic nitrogens is 3. The molecule has 14 aromatic rings. The van der Waals surface area contributed by atoms with Crippen molar-refractivity contribution < 1.29 is 0 Å². The van der Waals surface area contributed by atoms with Gasteiger partial charge in [-0.25, -0.2) is 0 Å². The highest BCUT2D eigenvalue weighted by Crippen LogP contribution is 2.38. The topological polar surface area (TPSA) is 18.0 Å². The van der Waals surface area contributed by atoms with E-state index in [4.69, 9.17) is 0 Å². The number of benzene rings is 11. The molecule has 14 rings (SSSR count). The number of hydrogen-bond donors (Lipinski definition) is 0. The molecule has 0 aliphatic carbocycles. The summed E-state index contributed by atoms with van der Waals surface area (Å²) in [6.45, 7) is 14.1. The summed E-state index contributed by atoms with van der Waals surface area (Å²) in [5.74, 6) is 0. The minimum absolute atomic E-state index is 1.03. The molecule has 4 nitrogen and oxygen atoms in total. The molecule has 3 aromatic heterocycles. The summed E-state index contributed by atoms with van der Waals surface area (Å²) in [5.41, 5.74) is 24.1. The molecule has 0 aliphatic rings. The van der Waals surface area contributed by atoms with Gasteiger partial charge in [-0.3, -0.25) is 0 Å². The lowest BCUT2D eigenvalue weighted by Gasteiger charge is -2.26. The van der Waals surface area contributed by atoms with Crippen LogP contribution in [0.5, 0.6) is 0 Å². The van der Waals surface area contributed by atoms with Crippen LogP contribution < -0.4 is 4.90 Å². The normalized spacial score (nSPS) is 12.2. The molecule has 0 atom stereocenters. The third-order valence-corrected chi connectivity index (χ3v) is 21.6. The number of fused-ring (bicyclic) bond motifs is 9. The van der Waals surface area contributed by atoms with Gasteiger partial charge in [-0.15, -0.1) is 0 Å². The number of nitrogens with zero attached hydrogens (tertiary/aromatic N) is 4. The van der Waals surface area contributed by atoms with E-state index in [0.29, 0.717) is 0 Å². The Morgan fingerprint density at radius 1 is 0.226 bits per heavy atom. The van der Waals surface area contributed by atoms with Gasteiger partial charge < -0.3 is 18.6 Å². The van der Waals surface area contributed by atoms with Crippen molar-refractivity contribution in [2.75, 3.05) is 4.90 Å². The molecule has 0 saturated carbocycles. The molecule has 0 unspecified atom stereocenters. The first-order chi connectivity index (χ1) is 52.4. The van der Waals surface area contributed by atoms with Crippen LogP contribution in [-0.2, 0) is 19.6 Å². The van der Waals surface area contributed by atoms with E-state index < -0.39 is 0 Å². The predicted octanol–water partition coefficient (Wildman–Crippen LogP) is 30.1. The summed E-state index contributed by atoms with van der Waals surface area (Å²) in [7, 11) is 0. The monoisotopic (exact) mass is 1380 g/mol. The highest BCUT2D eigenvalue weighted by Gasteiger charge is 2.17. The molecule has 0 spiro atoms. The van der Waals surface area contributed by atoms with Gasteiger partial charge in [-0.05, 0) is 178 Å². The lowest BCUT2D eigenvalue weighted by atomic mass is 10.1. The van der Waals surface area contributed by atoms with Crippen molar-refractivity contribution in [2.45, 2.75) is 156 Å². The molecule has 3 heterocycles. The number of hydrogen-bond acceptors (Lipinski definition) is 1. The van der Waals surface area contributed by atoms with Gasteiger partial charge >= 0.3 is 0 Å². The molecule has 0 fully saturated rings. The Labute approximate surface area is 630 Å². The lowest BCUT2D eigenvalue weighted by Crippen LogP contribution is -2.09. The Hall–Kier alpha value is -10.9. The van der Waals surface area contributed by atoms with E-state index in [9.17, 15) is 0 Å². The lowest BCUT2D eigenvalue weighted by molar-refractivity contribution is 0.571. The van der Waals surface area contributed by atoms with Gasteiger partial charge in [0.15, 0.2) is 0 Å². The zero-order chi connectivity index (χ0) is 72.2. The van der Waals surface area contributed by atoms with Crippen molar-refractivity contribution in [1.29, 1.82) is 0 Å². The van der Waals surface area contributed by atoms with Crippen LogP contribution >= 0.6 is 0 Å². The van der Waals surface area contributed by atoms with Crippen molar-refractivity contribution in [3.63, 3.8) is 0 Å². The van der Waals surface area contributed by atoms with Gasteiger partial charge in [0.1, 0.15) is 0 Å². The van der Waals surface area contributed by atoms with Gasteiger partial charge in [-0.2, -0.15) is 0 Å². The molecule has 0 aliphatic heterocycles. The van der Waals surface area contributed by atoms with E-state index in [1.165, 1.54) is 209 Å². The second kappa shape index (κ2) is 35.7.